The summed E-state index contributed by atoms with van der Waals surface area (Å²) < 4.78 is 7.08. The van der Waals surface area contributed by atoms with E-state index in [-0.39, 0.29) is 41.8 Å². The average molecular weight is 525 g/mol. The van der Waals surface area contributed by atoms with Crippen LogP contribution in [-0.4, -0.2) is 53.1 Å². The average Bonchev–Trinajstić information content (AvgIpc) is 3.30. The predicted molar refractivity (Wildman–Crippen MR) is 129 cm³/mol. The largest absolute Gasteiger partial charge is 0.469 e. The van der Waals surface area contributed by atoms with E-state index >= 15 is 0 Å². The molecule has 164 valence electrons. The van der Waals surface area contributed by atoms with Crippen molar-refractivity contribution in [3.05, 3.63) is 53.6 Å². The molecule has 0 saturated carbocycles. The van der Waals surface area contributed by atoms with E-state index < -0.39 is 0 Å². The van der Waals surface area contributed by atoms with Crippen LogP contribution in [0.4, 0.5) is 0 Å². The highest BCUT2D eigenvalue weighted by Gasteiger charge is 2.36. The molecule has 8 heteroatoms. The van der Waals surface area contributed by atoms with Gasteiger partial charge < -0.3 is 19.5 Å². The minimum absolute atomic E-state index is 0. The molecule has 1 aromatic carbocycles. The van der Waals surface area contributed by atoms with Gasteiger partial charge in [0.1, 0.15) is 5.82 Å². The number of hydrogen-bond acceptors (Lipinski definition) is 4. The number of rotatable bonds is 6. The molecule has 1 aliphatic rings. The number of nitrogens with zero attached hydrogens (tertiary/aromatic N) is 4. The summed E-state index contributed by atoms with van der Waals surface area (Å²) in [5.74, 6) is 1.85. The first-order chi connectivity index (χ1) is 14.0. The quantitative estimate of drug-likeness (QED) is 0.272. The zero-order valence-electron chi connectivity index (χ0n) is 18.2. The number of carbonyl (C=O) groups excluding carboxylic acids is 1. The van der Waals surface area contributed by atoms with E-state index in [1.54, 1.807) is 0 Å². The van der Waals surface area contributed by atoms with Crippen LogP contribution in [0, 0.1) is 18.8 Å². The van der Waals surface area contributed by atoms with Crippen LogP contribution in [0.25, 0.3) is 0 Å². The normalized spacial score (nSPS) is 18.8. The minimum atomic E-state index is -0.140. The predicted octanol–water partition coefficient (Wildman–Crippen LogP) is 3.06. The van der Waals surface area contributed by atoms with E-state index in [2.05, 4.69) is 57.9 Å². The first-order valence-corrected chi connectivity index (χ1v) is 10.2. The zero-order chi connectivity index (χ0) is 20.8. The Morgan fingerprint density at radius 3 is 2.77 bits per heavy atom. The van der Waals surface area contributed by atoms with Crippen molar-refractivity contribution in [1.29, 1.82) is 0 Å². The number of aromatic nitrogens is 2. The number of ether oxygens (including phenoxy) is 1. The van der Waals surface area contributed by atoms with Gasteiger partial charge in [-0.2, -0.15) is 0 Å². The Balaban J connectivity index is 0.00000320. The first kappa shape index (κ1) is 24.2. The standard InChI is InChI=1S/C22H31N5O2.HI/c1-5-23-22(27-13-16(2)20(15-27)21(28)29-4)25-12-18-7-6-8-19(11-18)14-26-10-9-24-17(26)3;/h6-11,16,20H,5,12-15H2,1-4H3,(H,23,25);1H. The summed E-state index contributed by atoms with van der Waals surface area (Å²) in [5.41, 5.74) is 2.39. The number of benzene rings is 1. The van der Waals surface area contributed by atoms with E-state index in [0.29, 0.717) is 13.1 Å². The zero-order valence-corrected chi connectivity index (χ0v) is 20.5. The summed E-state index contributed by atoms with van der Waals surface area (Å²) in [6.45, 7) is 9.77. The number of carbonyl (C=O) groups is 1. The molecule has 1 N–H and O–H groups in total. The molecule has 1 fully saturated rings. The monoisotopic (exact) mass is 525 g/mol. The maximum Gasteiger partial charge on any atom is 0.310 e. The molecule has 2 atom stereocenters. The maximum absolute atomic E-state index is 12.0. The molecule has 1 aliphatic heterocycles. The van der Waals surface area contributed by atoms with Crippen molar-refractivity contribution in [2.24, 2.45) is 16.8 Å². The van der Waals surface area contributed by atoms with E-state index in [1.807, 2.05) is 19.3 Å². The Hall–Kier alpha value is -2.10. The van der Waals surface area contributed by atoms with Crippen LogP contribution in [0.2, 0.25) is 0 Å². The van der Waals surface area contributed by atoms with Gasteiger partial charge in [0.2, 0.25) is 0 Å². The number of aliphatic imine (C=N–C) groups is 1. The third kappa shape index (κ3) is 5.96. The van der Waals surface area contributed by atoms with Gasteiger partial charge >= 0.3 is 5.97 Å². The minimum Gasteiger partial charge on any atom is -0.469 e. The fourth-order valence-electron chi connectivity index (χ4n) is 3.78. The SMILES string of the molecule is CCNC(=NCc1cccc(Cn2ccnc2C)c1)N1CC(C)C(C(=O)OC)C1.I. The van der Waals surface area contributed by atoms with Gasteiger partial charge in [0.05, 0.1) is 19.6 Å². The van der Waals surface area contributed by atoms with Crippen LogP contribution in [0.5, 0.6) is 0 Å². The number of halogens is 1. The molecule has 0 bridgehead atoms. The number of aryl methyl sites for hydroxylation is 1. The second-order valence-corrected chi connectivity index (χ2v) is 7.60. The second kappa shape index (κ2) is 11.3. The Bertz CT molecular complexity index is 867. The van der Waals surface area contributed by atoms with Crippen molar-refractivity contribution in [3.63, 3.8) is 0 Å². The van der Waals surface area contributed by atoms with Crippen LogP contribution in [0.3, 0.4) is 0 Å². The summed E-state index contributed by atoms with van der Waals surface area (Å²) >= 11 is 0. The summed E-state index contributed by atoms with van der Waals surface area (Å²) in [5, 5.41) is 3.36. The smallest absolute Gasteiger partial charge is 0.310 e. The lowest BCUT2D eigenvalue weighted by molar-refractivity contribution is -0.145. The number of hydrogen-bond donors (Lipinski definition) is 1. The molecule has 2 heterocycles. The molecular formula is C22H32IN5O2. The Kier molecular flexibility index (Phi) is 9.13. The van der Waals surface area contributed by atoms with E-state index in [1.165, 1.54) is 12.7 Å². The maximum atomic E-state index is 12.0. The van der Waals surface area contributed by atoms with Crippen LogP contribution >= 0.6 is 24.0 Å². The second-order valence-electron chi connectivity index (χ2n) is 7.60. The molecule has 2 unspecified atom stereocenters. The number of methoxy groups -OCH3 is 1. The molecule has 0 spiro atoms. The van der Waals surface area contributed by atoms with E-state index in [0.717, 1.165) is 37.0 Å². The van der Waals surface area contributed by atoms with Crippen molar-refractivity contribution in [1.82, 2.24) is 19.8 Å². The van der Waals surface area contributed by atoms with Gasteiger partial charge in [0.25, 0.3) is 0 Å². The number of imidazole rings is 1. The van der Waals surface area contributed by atoms with Gasteiger partial charge in [-0.05, 0) is 30.9 Å². The van der Waals surface area contributed by atoms with Crippen molar-refractivity contribution in [3.8, 4) is 0 Å². The lowest BCUT2D eigenvalue weighted by atomic mass is 9.99. The third-order valence-electron chi connectivity index (χ3n) is 5.43. The van der Waals surface area contributed by atoms with Crippen LogP contribution in [-0.2, 0) is 22.6 Å². The molecule has 3 rings (SSSR count). The van der Waals surface area contributed by atoms with Crippen LogP contribution < -0.4 is 5.32 Å². The Morgan fingerprint density at radius 2 is 2.10 bits per heavy atom. The molecule has 2 aromatic rings. The molecule has 0 radical (unpaired) electrons. The summed E-state index contributed by atoms with van der Waals surface area (Å²) in [7, 11) is 1.45. The highest BCUT2D eigenvalue weighted by Crippen LogP contribution is 2.24. The fourth-order valence-corrected chi connectivity index (χ4v) is 3.78. The lowest BCUT2D eigenvalue weighted by Gasteiger charge is -2.21. The molecule has 1 saturated heterocycles. The summed E-state index contributed by atoms with van der Waals surface area (Å²) in [6.07, 6.45) is 3.82. The van der Waals surface area contributed by atoms with Gasteiger partial charge in [-0.1, -0.05) is 31.2 Å². The number of likely N-dealkylation sites (tertiary alicyclic amines) is 1. The van der Waals surface area contributed by atoms with Crippen LogP contribution in [0.1, 0.15) is 30.8 Å². The van der Waals surface area contributed by atoms with Crippen molar-refractivity contribution >= 4 is 35.9 Å². The Morgan fingerprint density at radius 1 is 1.33 bits per heavy atom. The summed E-state index contributed by atoms with van der Waals surface area (Å²) in [6, 6.07) is 8.49. The van der Waals surface area contributed by atoms with Gasteiger partial charge in [0.15, 0.2) is 5.96 Å². The highest BCUT2D eigenvalue weighted by molar-refractivity contribution is 14.0. The van der Waals surface area contributed by atoms with E-state index in [9.17, 15) is 4.79 Å². The molecule has 7 nitrogen and oxygen atoms in total. The van der Waals surface area contributed by atoms with E-state index in [4.69, 9.17) is 9.73 Å². The lowest BCUT2D eigenvalue weighted by Crippen LogP contribution is -2.40. The molecule has 30 heavy (non-hydrogen) atoms. The van der Waals surface area contributed by atoms with Gasteiger partial charge in [-0.15, -0.1) is 24.0 Å². The van der Waals surface area contributed by atoms with Crippen LogP contribution in [0.15, 0.2) is 41.7 Å². The van der Waals surface area contributed by atoms with Gasteiger partial charge in [-0.3, -0.25) is 4.79 Å². The fraction of sp³-hybridized carbons (Fsp3) is 0.500. The highest BCUT2D eigenvalue weighted by atomic mass is 127. The number of nitrogens with one attached hydrogen (secondary N) is 1. The van der Waals surface area contributed by atoms with Gasteiger partial charge in [-0.25, -0.2) is 9.98 Å². The topological polar surface area (TPSA) is 71.8 Å². The van der Waals surface area contributed by atoms with Crippen molar-refractivity contribution in [2.45, 2.75) is 33.9 Å². The van der Waals surface area contributed by atoms with Gasteiger partial charge in [0, 0.05) is 38.6 Å². The Labute approximate surface area is 195 Å². The molecule has 0 amide bonds. The molecule has 1 aromatic heterocycles. The number of guanidine groups is 1. The summed E-state index contributed by atoms with van der Waals surface area (Å²) in [4.78, 5) is 23.3. The third-order valence-corrected chi connectivity index (χ3v) is 5.43. The molecular weight excluding hydrogens is 493 g/mol. The number of esters is 1. The van der Waals surface area contributed by atoms with Crippen molar-refractivity contribution < 1.29 is 9.53 Å². The first-order valence-electron chi connectivity index (χ1n) is 10.2. The molecule has 0 aliphatic carbocycles. The van der Waals surface area contributed by atoms with Crippen molar-refractivity contribution in [2.75, 3.05) is 26.7 Å².